The highest BCUT2D eigenvalue weighted by molar-refractivity contribution is 9.10. The lowest BCUT2D eigenvalue weighted by atomic mass is 9.95. The van der Waals surface area contributed by atoms with Crippen molar-refractivity contribution in [3.05, 3.63) is 27.2 Å². The summed E-state index contributed by atoms with van der Waals surface area (Å²) in [6.45, 7) is 5.16. The molecule has 0 fully saturated rings. The highest BCUT2D eigenvalue weighted by Gasteiger charge is 2.31. The number of halogens is 3. The van der Waals surface area contributed by atoms with E-state index in [0.717, 1.165) is 10.0 Å². The van der Waals surface area contributed by atoms with Gasteiger partial charge in [0.05, 0.1) is 12.6 Å². The molecule has 7 heteroatoms. The number of hydrogen-bond acceptors (Lipinski definition) is 4. The molecule has 1 rings (SSSR count). The Morgan fingerprint density at radius 1 is 1.55 bits per heavy atom. The topological polar surface area (TPSA) is 72.5 Å². The summed E-state index contributed by atoms with van der Waals surface area (Å²) in [7, 11) is 0. The average molecular weight is 371 g/mol. The van der Waals surface area contributed by atoms with E-state index in [1.54, 1.807) is 20.8 Å². The fraction of sp³-hybridized carbons (Fsp3) is 0.462. The van der Waals surface area contributed by atoms with Gasteiger partial charge < -0.3 is 15.6 Å². The molecule has 0 amide bonds. The van der Waals surface area contributed by atoms with Gasteiger partial charge >= 0.3 is 5.97 Å². The number of nitrogens with two attached hydrogens (primary N) is 1. The van der Waals surface area contributed by atoms with Gasteiger partial charge in [-0.1, -0.05) is 15.9 Å². The molecule has 1 unspecified atom stereocenters. The van der Waals surface area contributed by atoms with Gasteiger partial charge in [0, 0.05) is 10.0 Å². The van der Waals surface area contributed by atoms with Crippen LogP contribution in [0.1, 0.15) is 29.7 Å². The van der Waals surface area contributed by atoms with E-state index in [-0.39, 0.29) is 30.3 Å². The number of phenols is 1. The van der Waals surface area contributed by atoms with Crippen molar-refractivity contribution in [3.8, 4) is 5.75 Å². The molecule has 4 nitrogen and oxygen atoms in total. The second-order valence-electron chi connectivity index (χ2n) is 4.24. The smallest absolute Gasteiger partial charge is 0.342 e. The van der Waals surface area contributed by atoms with Gasteiger partial charge in [-0.2, -0.15) is 0 Å². The molecular formula is C13H18BrClFNO3. The quantitative estimate of drug-likeness (QED) is 0.799. The lowest BCUT2D eigenvalue weighted by Crippen LogP contribution is -2.32. The zero-order valence-corrected chi connectivity index (χ0v) is 13.8. The van der Waals surface area contributed by atoms with Crippen LogP contribution in [0.15, 0.2) is 10.5 Å². The average Bonchev–Trinajstić information content (AvgIpc) is 2.35. The Balaban J connectivity index is 0.00000361. The number of alkyl halides is 1. The summed E-state index contributed by atoms with van der Waals surface area (Å²) in [5, 5.41) is 9.91. The van der Waals surface area contributed by atoms with Crippen molar-refractivity contribution < 1.29 is 19.0 Å². The molecule has 0 saturated carbocycles. The lowest BCUT2D eigenvalue weighted by Gasteiger charge is -2.20. The fourth-order valence-corrected chi connectivity index (χ4v) is 2.22. The number of carbonyl (C=O) groups excluding carboxylic acids is 1. The first-order valence-electron chi connectivity index (χ1n) is 5.86. The van der Waals surface area contributed by atoms with E-state index in [2.05, 4.69) is 20.7 Å². The van der Waals surface area contributed by atoms with Gasteiger partial charge in [0.2, 0.25) is 6.17 Å². The maximum Gasteiger partial charge on any atom is 0.342 e. The molecule has 3 N–H and O–H groups in total. The summed E-state index contributed by atoms with van der Waals surface area (Å²) in [6, 6.07) is 0.209. The SMILES string of the molecule is CCOC(=O)C(F)[C@H](N)c1c(O)cc(C)c(Br)c1C.Cl. The van der Waals surface area contributed by atoms with E-state index < -0.39 is 18.2 Å². The van der Waals surface area contributed by atoms with Gasteiger partial charge in [0.1, 0.15) is 5.75 Å². The second kappa shape index (κ2) is 7.81. The minimum Gasteiger partial charge on any atom is -0.508 e. The Labute approximate surface area is 132 Å². The molecule has 0 radical (unpaired) electrons. The molecule has 0 aromatic heterocycles. The van der Waals surface area contributed by atoms with Crippen LogP contribution in [0.25, 0.3) is 0 Å². The third-order valence-electron chi connectivity index (χ3n) is 2.87. The van der Waals surface area contributed by atoms with Crippen LogP contribution in [0.3, 0.4) is 0 Å². The number of hydrogen-bond donors (Lipinski definition) is 2. The third-order valence-corrected chi connectivity index (χ3v) is 4.09. The molecular weight excluding hydrogens is 353 g/mol. The molecule has 114 valence electrons. The minimum absolute atomic E-state index is 0. The molecule has 2 atom stereocenters. The van der Waals surface area contributed by atoms with Crippen LogP contribution in [0, 0.1) is 13.8 Å². The number of aromatic hydroxyl groups is 1. The van der Waals surface area contributed by atoms with E-state index in [0.29, 0.717) is 5.56 Å². The predicted molar refractivity (Wildman–Crippen MR) is 81.0 cm³/mol. The Bertz CT molecular complexity index is 499. The van der Waals surface area contributed by atoms with Crippen molar-refractivity contribution in [3.63, 3.8) is 0 Å². The van der Waals surface area contributed by atoms with Gasteiger partial charge in [-0.25, -0.2) is 9.18 Å². The Kier molecular flexibility index (Phi) is 7.47. The molecule has 0 aliphatic carbocycles. The number of ether oxygens (including phenoxy) is 1. The van der Waals surface area contributed by atoms with Crippen LogP contribution in [0.5, 0.6) is 5.75 Å². The number of carbonyl (C=O) groups is 1. The maximum atomic E-state index is 13.9. The van der Waals surface area contributed by atoms with Gasteiger partial charge in [0.25, 0.3) is 0 Å². The fourth-order valence-electron chi connectivity index (χ4n) is 1.89. The van der Waals surface area contributed by atoms with E-state index in [9.17, 15) is 14.3 Å². The van der Waals surface area contributed by atoms with Crippen LogP contribution in [0.2, 0.25) is 0 Å². The number of benzene rings is 1. The highest BCUT2D eigenvalue weighted by Crippen LogP contribution is 2.36. The summed E-state index contributed by atoms with van der Waals surface area (Å²) >= 11 is 3.34. The first-order chi connectivity index (χ1) is 8.81. The van der Waals surface area contributed by atoms with Crippen molar-refractivity contribution in [2.75, 3.05) is 6.61 Å². The standard InChI is InChI=1S/C13H17BrFNO3.ClH/c1-4-19-13(18)11(15)12(16)9-7(3)10(14)6(2)5-8(9)17;/h5,11-12,17H,4,16H2,1-3H3;1H/t11?,12-;/m1./s1. The van der Waals surface area contributed by atoms with Gasteiger partial charge in [-0.3, -0.25) is 0 Å². The van der Waals surface area contributed by atoms with E-state index in [1.165, 1.54) is 6.07 Å². The van der Waals surface area contributed by atoms with E-state index in [4.69, 9.17) is 5.73 Å². The Morgan fingerprint density at radius 2 is 2.10 bits per heavy atom. The Hall–Kier alpha value is -0.850. The number of esters is 1. The summed E-state index contributed by atoms with van der Waals surface area (Å²) in [5.74, 6) is -1.15. The Morgan fingerprint density at radius 3 is 2.60 bits per heavy atom. The summed E-state index contributed by atoms with van der Waals surface area (Å²) in [5.41, 5.74) is 7.35. The van der Waals surface area contributed by atoms with Crippen molar-refractivity contribution in [1.29, 1.82) is 0 Å². The van der Waals surface area contributed by atoms with Crippen LogP contribution in [0.4, 0.5) is 4.39 Å². The van der Waals surface area contributed by atoms with Gasteiger partial charge in [-0.15, -0.1) is 12.4 Å². The van der Waals surface area contributed by atoms with E-state index in [1.807, 2.05) is 0 Å². The van der Waals surface area contributed by atoms with Crippen molar-refractivity contribution >= 4 is 34.3 Å². The number of phenolic OH excluding ortho intramolecular Hbond substituents is 1. The number of rotatable bonds is 4. The molecule has 0 heterocycles. The molecule has 1 aromatic carbocycles. The largest absolute Gasteiger partial charge is 0.508 e. The van der Waals surface area contributed by atoms with Gasteiger partial charge in [-0.05, 0) is 38.0 Å². The molecule has 0 aliphatic rings. The number of aryl methyl sites for hydroxylation is 1. The summed E-state index contributed by atoms with van der Waals surface area (Å²) < 4.78 is 19.3. The first kappa shape index (κ1) is 19.1. The molecule has 1 aromatic rings. The van der Waals surface area contributed by atoms with Crippen molar-refractivity contribution in [2.45, 2.75) is 33.0 Å². The minimum atomic E-state index is -2.01. The van der Waals surface area contributed by atoms with Crippen LogP contribution < -0.4 is 5.73 Å². The normalized spacial score (nSPS) is 13.3. The molecule has 0 aliphatic heterocycles. The summed E-state index contributed by atoms with van der Waals surface area (Å²) in [4.78, 5) is 11.4. The lowest BCUT2D eigenvalue weighted by molar-refractivity contribution is -0.149. The van der Waals surface area contributed by atoms with Crippen LogP contribution in [-0.2, 0) is 9.53 Å². The first-order valence-corrected chi connectivity index (χ1v) is 6.65. The molecule has 0 saturated heterocycles. The summed E-state index contributed by atoms with van der Waals surface area (Å²) in [6.07, 6.45) is -2.01. The highest BCUT2D eigenvalue weighted by atomic mass is 79.9. The zero-order chi connectivity index (χ0) is 14.7. The monoisotopic (exact) mass is 369 g/mol. The van der Waals surface area contributed by atoms with Crippen molar-refractivity contribution in [2.24, 2.45) is 5.73 Å². The predicted octanol–water partition coefficient (Wildman–Crippen LogP) is 3.09. The molecule has 0 bridgehead atoms. The van der Waals surface area contributed by atoms with E-state index >= 15 is 0 Å². The second-order valence-corrected chi connectivity index (χ2v) is 5.04. The van der Waals surface area contributed by atoms with Crippen molar-refractivity contribution in [1.82, 2.24) is 0 Å². The van der Waals surface area contributed by atoms with Crippen LogP contribution >= 0.6 is 28.3 Å². The van der Waals surface area contributed by atoms with Gasteiger partial charge in [0.15, 0.2) is 0 Å². The molecule has 0 spiro atoms. The molecule has 20 heavy (non-hydrogen) atoms. The zero-order valence-electron chi connectivity index (χ0n) is 11.4. The maximum absolute atomic E-state index is 13.9. The van der Waals surface area contributed by atoms with Crippen LogP contribution in [-0.4, -0.2) is 23.9 Å². The third kappa shape index (κ3) is 3.84.